The van der Waals surface area contributed by atoms with Crippen molar-refractivity contribution in [3.8, 4) is 5.75 Å². The molecule has 0 aliphatic carbocycles. The van der Waals surface area contributed by atoms with Crippen LogP contribution in [0.15, 0.2) is 6.20 Å². The third kappa shape index (κ3) is 3.02. The molecule has 0 aromatic carbocycles. The third-order valence-electron chi connectivity index (χ3n) is 1.69. The zero-order valence-electron chi connectivity index (χ0n) is 7.96. The van der Waals surface area contributed by atoms with Crippen LogP contribution < -0.4 is 10.5 Å². The van der Waals surface area contributed by atoms with E-state index in [-0.39, 0.29) is 6.29 Å². The molecular formula is C8H5F5N2O2. The molecule has 0 unspecified atom stereocenters. The van der Waals surface area contributed by atoms with Crippen molar-refractivity contribution in [3.63, 3.8) is 0 Å². The van der Waals surface area contributed by atoms with Gasteiger partial charge in [-0.25, -0.2) is 13.8 Å². The quantitative estimate of drug-likeness (QED) is 0.665. The Morgan fingerprint density at radius 3 is 2.41 bits per heavy atom. The van der Waals surface area contributed by atoms with Crippen LogP contribution in [0.4, 0.5) is 27.8 Å². The smallest absolute Gasteiger partial charge is 0.404 e. The van der Waals surface area contributed by atoms with E-state index in [1.165, 1.54) is 0 Å². The summed E-state index contributed by atoms with van der Waals surface area (Å²) in [5.41, 5.74) is 3.00. The number of pyridine rings is 1. The standard InChI is InChI=1S/C8H5F5N2O2/c9-6(10)4-5(17-8(11,12)13)3(2-16)1-15-7(4)14/h1-2,6H,(H2,14,15). The molecule has 94 valence electrons. The van der Waals surface area contributed by atoms with E-state index < -0.39 is 35.5 Å². The zero-order chi connectivity index (χ0) is 13.2. The summed E-state index contributed by atoms with van der Waals surface area (Å²) in [5, 5.41) is 0. The first-order valence-corrected chi connectivity index (χ1v) is 4.03. The molecule has 1 aromatic rings. The molecule has 0 atom stereocenters. The van der Waals surface area contributed by atoms with Gasteiger partial charge in [0.1, 0.15) is 11.4 Å². The molecule has 0 bridgehead atoms. The second-order valence-corrected chi connectivity index (χ2v) is 2.81. The van der Waals surface area contributed by atoms with Crippen molar-refractivity contribution in [1.29, 1.82) is 0 Å². The average molecular weight is 256 g/mol. The molecule has 0 saturated heterocycles. The summed E-state index contributed by atoms with van der Waals surface area (Å²) in [6.07, 6.45) is -8.02. The summed E-state index contributed by atoms with van der Waals surface area (Å²) in [6.45, 7) is 0. The summed E-state index contributed by atoms with van der Waals surface area (Å²) in [4.78, 5) is 13.6. The number of halogens is 5. The van der Waals surface area contributed by atoms with Gasteiger partial charge >= 0.3 is 6.36 Å². The van der Waals surface area contributed by atoms with E-state index in [2.05, 4.69) is 9.72 Å². The largest absolute Gasteiger partial charge is 0.573 e. The van der Waals surface area contributed by atoms with Crippen LogP contribution in [-0.2, 0) is 0 Å². The number of anilines is 1. The summed E-state index contributed by atoms with van der Waals surface area (Å²) in [7, 11) is 0. The van der Waals surface area contributed by atoms with Crippen LogP contribution in [-0.4, -0.2) is 17.6 Å². The summed E-state index contributed by atoms with van der Waals surface area (Å²) in [6, 6.07) is 0. The molecule has 1 aromatic heterocycles. The second-order valence-electron chi connectivity index (χ2n) is 2.81. The number of nitrogens with two attached hydrogens (primary N) is 1. The minimum Gasteiger partial charge on any atom is -0.404 e. The van der Waals surface area contributed by atoms with Gasteiger partial charge in [-0.1, -0.05) is 0 Å². The van der Waals surface area contributed by atoms with Gasteiger partial charge in [-0.15, -0.1) is 13.2 Å². The van der Waals surface area contributed by atoms with Crippen LogP contribution in [0.3, 0.4) is 0 Å². The predicted octanol–water partition coefficient (Wildman–Crippen LogP) is 2.31. The summed E-state index contributed by atoms with van der Waals surface area (Å²) < 4.78 is 64.3. The van der Waals surface area contributed by atoms with Gasteiger partial charge in [0, 0.05) is 6.20 Å². The van der Waals surface area contributed by atoms with Gasteiger partial charge in [-0.05, 0) is 0 Å². The van der Waals surface area contributed by atoms with Crippen molar-refractivity contribution in [1.82, 2.24) is 4.98 Å². The Kier molecular flexibility index (Phi) is 3.49. The van der Waals surface area contributed by atoms with E-state index in [9.17, 15) is 26.7 Å². The van der Waals surface area contributed by atoms with Crippen LogP contribution in [0.2, 0.25) is 0 Å². The maximum atomic E-state index is 12.5. The normalized spacial score (nSPS) is 11.6. The van der Waals surface area contributed by atoms with E-state index in [0.29, 0.717) is 6.20 Å². The maximum Gasteiger partial charge on any atom is 0.573 e. The minimum absolute atomic E-state index is 0.0839. The number of nitrogen functional groups attached to an aromatic ring is 1. The highest BCUT2D eigenvalue weighted by molar-refractivity contribution is 5.81. The topological polar surface area (TPSA) is 65.2 Å². The number of carbonyl (C=O) groups excluding carboxylic acids is 1. The lowest BCUT2D eigenvalue weighted by Gasteiger charge is -2.15. The molecule has 0 spiro atoms. The summed E-state index contributed by atoms with van der Waals surface area (Å²) >= 11 is 0. The van der Waals surface area contributed by atoms with Crippen LogP contribution in [0.5, 0.6) is 5.75 Å². The molecule has 0 amide bonds. The number of rotatable bonds is 3. The van der Waals surface area contributed by atoms with Crippen LogP contribution >= 0.6 is 0 Å². The second kappa shape index (κ2) is 4.52. The SMILES string of the molecule is Nc1ncc(C=O)c(OC(F)(F)F)c1C(F)F. The fraction of sp³-hybridized carbons (Fsp3) is 0.250. The molecule has 4 nitrogen and oxygen atoms in total. The Bertz CT molecular complexity index is 433. The minimum atomic E-state index is -5.21. The number of nitrogens with zero attached hydrogens (tertiary/aromatic N) is 1. The van der Waals surface area contributed by atoms with Gasteiger partial charge in [-0.2, -0.15) is 0 Å². The number of alkyl halides is 5. The van der Waals surface area contributed by atoms with Gasteiger partial charge in [-0.3, -0.25) is 4.79 Å². The van der Waals surface area contributed by atoms with Gasteiger partial charge < -0.3 is 10.5 Å². The lowest BCUT2D eigenvalue weighted by molar-refractivity contribution is -0.275. The average Bonchev–Trinajstić information content (AvgIpc) is 2.15. The van der Waals surface area contributed by atoms with Crippen molar-refractivity contribution in [2.45, 2.75) is 12.8 Å². The molecule has 17 heavy (non-hydrogen) atoms. The molecule has 0 saturated carbocycles. The molecule has 0 fully saturated rings. The Morgan fingerprint density at radius 2 is 2.00 bits per heavy atom. The van der Waals surface area contributed by atoms with Gasteiger partial charge in [0.05, 0.1) is 5.56 Å². The number of aldehydes is 1. The predicted molar refractivity (Wildman–Crippen MR) is 45.7 cm³/mol. The highest BCUT2D eigenvalue weighted by Crippen LogP contribution is 2.37. The number of carbonyl (C=O) groups is 1. The lowest BCUT2D eigenvalue weighted by Crippen LogP contribution is -2.20. The molecule has 2 N–H and O–H groups in total. The number of hydrogen-bond donors (Lipinski definition) is 1. The molecule has 9 heteroatoms. The molecule has 0 aliphatic heterocycles. The number of hydrogen-bond acceptors (Lipinski definition) is 4. The fourth-order valence-corrected chi connectivity index (χ4v) is 1.06. The van der Waals surface area contributed by atoms with E-state index in [1.807, 2.05) is 0 Å². The van der Waals surface area contributed by atoms with Crippen molar-refractivity contribution < 1.29 is 31.5 Å². The third-order valence-corrected chi connectivity index (χ3v) is 1.69. The highest BCUT2D eigenvalue weighted by Gasteiger charge is 2.35. The van der Waals surface area contributed by atoms with E-state index in [4.69, 9.17) is 5.73 Å². The Balaban J connectivity index is 3.40. The number of aromatic nitrogens is 1. The van der Waals surface area contributed by atoms with E-state index in [1.54, 1.807) is 0 Å². The number of ether oxygens (including phenoxy) is 1. The van der Waals surface area contributed by atoms with Crippen LogP contribution in [0.1, 0.15) is 22.3 Å². The molecule has 1 rings (SSSR count). The van der Waals surface area contributed by atoms with Crippen molar-refractivity contribution in [2.24, 2.45) is 0 Å². The maximum absolute atomic E-state index is 12.5. The first-order chi connectivity index (χ1) is 7.76. The van der Waals surface area contributed by atoms with Gasteiger partial charge in [0.15, 0.2) is 12.0 Å². The van der Waals surface area contributed by atoms with E-state index >= 15 is 0 Å². The first-order valence-electron chi connectivity index (χ1n) is 4.03. The Hall–Kier alpha value is -1.93. The van der Waals surface area contributed by atoms with Gasteiger partial charge in [0.25, 0.3) is 6.43 Å². The van der Waals surface area contributed by atoms with E-state index in [0.717, 1.165) is 0 Å². The van der Waals surface area contributed by atoms with Crippen molar-refractivity contribution in [3.05, 3.63) is 17.3 Å². The van der Waals surface area contributed by atoms with Crippen LogP contribution in [0, 0.1) is 0 Å². The molecule has 0 aliphatic rings. The van der Waals surface area contributed by atoms with Crippen molar-refractivity contribution in [2.75, 3.05) is 5.73 Å². The monoisotopic (exact) mass is 256 g/mol. The zero-order valence-corrected chi connectivity index (χ0v) is 7.96. The fourth-order valence-electron chi connectivity index (χ4n) is 1.06. The molecule has 1 heterocycles. The molecular weight excluding hydrogens is 251 g/mol. The Labute approximate surface area is 91.2 Å². The first kappa shape index (κ1) is 13.1. The lowest BCUT2D eigenvalue weighted by atomic mass is 10.1. The van der Waals surface area contributed by atoms with Crippen molar-refractivity contribution >= 4 is 12.1 Å². The molecule has 0 radical (unpaired) electrons. The van der Waals surface area contributed by atoms with Crippen LogP contribution in [0.25, 0.3) is 0 Å². The summed E-state index contributed by atoms with van der Waals surface area (Å²) in [5.74, 6) is -2.15. The Morgan fingerprint density at radius 1 is 1.41 bits per heavy atom. The highest BCUT2D eigenvalue weighted by atomic mass is 19.4. The van der Waals surface area contributed by atoms with Gasteiger partial charge in [0.2, 0.25) is 0 Å².